The zero-order chi connectivity index (χ0) is 8.97. The molecule has 0 saturated heterocycles. The van der Waals surface area contributed by atoms with Crippen LogP contribution in [-0.2, 0) is 4.79 Å². The summed E-state index contributed by atoms with van der Waals surface area (Å²) in [5.74, 6) is 2.18. The van der Waals surface area contributed by atoms with E-state index >= 15 is 0 Å². The number of hydrogen-bond donors (Lipinski definition) is 0. The molecule has 1 aliphatic rings. The van der Waals surface area contributed by atoms with Gasteiger partial charge >= 0.3 is 0 Å². The van der Waals surface area contributed by atoms with E-state index in [9.17, 15) is 4.79 Å². The number of rotatable bonds is 4. The van der Waals surface area contributed by atoms with Crippen LogP contribution in [0.1, 0.15) is 52.4 Å². The molecule has 0 heterocycles. The molecule has 0 unspecified atom stereocenters. The zero-order valence-electron chi connectivity index (χ0n) is 8.31. The first-order valence-electron chi connectivity index (χ1n) is 5.19. The van der Waals surface area contributed by atoms with Crippen LogP contribution in [0.5, 0.6) is 0 Å². The van der Waals surface area contributed by atoms with Gasteiger partial charge in [-0.15, -0.1) is 0 Å². The van der Waals surface area contributed by atoms with Crippen molar-refractivity contribution in [2.45, 2.75) is 52.4 Å². The van der Waals surface area contributed by atoms with Crippen molar-refractivity contribution in [1.29, 1.82) is 0 Å². The molecule has 1 heteroatoms. The van der Waals surface area contributed by atoms with E-state index in [-0.39, 0.29) is 0 Å². The van der Waals surface area contributed by atoms with Crippen molar-refractivity contribution in [2.75, 3.05) is 0 Å². The van der Waals surface area contributed by atoms with E-state index in [1.807, 2.05) is 0 Å². The highest BCUT2D eigenvalue weighted by molar-refractivity contribution is 5.75. The van der Waals surface area contributed by atoms with Gasteiger partial charge in [0.25, 0.3) is 0 Å². The Bertz CT molecular complexity index is 151. The molecule has 0 bridgehead atoms. The standard InChI is InChI=1S/C11H20O/c1-9-5-3-7-11(9)8-4-6-10(2)12/h9,11H,3-8H2,1-2H3/t9-,11+/m1/s1. The van der Waals surface area contributed by atoms with Crippen LogP contribution in [0, 0.1) is 11.8 Å². The number of carbonyl (C=O) groups is 1. The summed E-state index contributed by atoms with van der Waals surface area (Å²) in [6.45, 7) is 4.05. The van der Waals surface area contributed by atoms with E-state index in [0.29, 0.717) is 5.78 Å². The van der Waals surface area contributed by atoms with Crippen molar-refractivity contribution >= 4 is 5.78 Å². The van der Waals surface area contributed by atoms with Gasteiger partial charge in [-0.3, -0.25) is 0 Å². The van der Waals surface area contributed by atoms with Gasteiger partial charge in [-0.2, -0.15) is 0 Å². The molecule has 2 atom stereocenters. The van der Waals surface area contributed by atoms with Gasteiger partial charge in [0.05, 0.1) is 0 Å². The number of carbonyl (C=O) groups excluding carboxylic acids is 1. The molecule has 0 N–H and O–H groups in total. The van der Waals surface area contributed by atoms with Gasteiger partial charge in [0, 0.05) is 6.42 Å². The maximum atomic E-state index is 10.7. The minimum absolute atomic E-state index is 0.348. The van der Waals surface area contributed by atoms with E-state index in [2.05, 4.69) is 6.92 Å². The van der Waals surface area contributed by atoms with Crippen LogP contribution in [0.25, 0.3) is 0 Å². The lowest BCUT2D eigenvalue weighted by molar-refractivity contribution is -0.117. The Labute approximate surface area is 75.5 Å². The van der Waals surface area contributed by atoms with Crippen LogP contribution < -0.4 is 0 Å². The Morgan fingerprint density at radius 1 is 1.42 bits per heavy atom. The Morgan fingerprint density at radius 2 is 2.17 bits per heavy atom. The monoisotopic (exact) mass is 168 g/mol. The quantitative estimate of drug-likeness (QED) is 0.630. The van der Waals surface area contributed by atoms with Gasteiger partial charge < -0.3 is 4.79 Å². The van der Waals surface area contributed by atoms with Gasteiger partial charge in [-0.25, -0.2) is 0 Å². The average molecular weight is 168 g/mol. The fraction of sp³-hybridized carbons (Fsp3) is 0.909. The third kappa shape index (κ3) is 2.96. The Morgan fingerprint density at radius 3 is 2.67 bits per heavy atom. The lowest BCUT2D eigenvalue weighted by Crippen LogP contribution is -2.04. The molecule has 0 amide bonds. The molecule has 1 fully saturated rings. The predicted octanol–water partition coefficient (Wildman–Crippen LogP) is 3.18. The molecule has 0 aliphatic heterocycles. The summed E-state index contributed by atoms with van der Waals surface area (Å²) in [7, 11) is 0. The molecule has 0 spiro atoms. The summed E-state index contributed by atoms with van der Waals surface area (Å²) < 4.78 is 0. The summed E-state index contributed by atoms with van der Waals surface area (Å²) >= 11 is 0. The Kier molecular flexibility index (Phi) is 3.77. The van der Waals surface area contributed by atoms with Crippen LogP contribution in [0.3, 0.4) is 0 Å². The second-order valence-electron chi connectivity index (χ2n) is 4.26. The van der Waals surface area contributed by atoms with Crippen LogP contribution in [0.2, 0.25) is 0 Å². The molecule has 0 aromatic rings. The molecule has 0 radical (unpaired) electrons. The number of Topliss-reactive ketones (excluding diaryl/α,β-unsaturated/α-hetero) is 1. The fourth-order valence-corrected chi connectivity index (χ4v) is 2.26. The molecule has 70 valence electrons. The molecule has 0 aromatic carbocycles. The summed E-state index contributed by atoms with van der Waals surface area (Å²) in [5.41, 5.74) is 0. The molecular weight excluding hydrogens is 148 g/mol. The van der Waals surface area contributed by atoms with Crippen LogP contribution >= 0.6 is 0 Å². The van der Waals surface area contributed by atoms with Crippen LogP contribution in [0.4, 0.5) is 0 Å². The van der Waals surface area contributed by atoms with Gasteiger partial charge in [0.15, 0.2) is 0 Å². The van der Waals surface area contributed by atoms with E-state index in [1.54, 1.807) is 6.92 Å². The van der Waals surface area contributed by atoms with Crippen LogP contribution in [-0.4, -0.2) is 5.78 Å². The number of ketones is 1. The lowest BCUT2D eigenvalue weighted by atomic mass is 9.92. The van der Waals surface area contributed by atoms with Crippen molar-refractivity contribution < 1.29 is 4.79 Å². The van der Waals surface area contributed by atoms with Gasteiger partial charge in [0.1, 0.15) is 5.78 Å². The first-order valence-corrected chi connectivity index (χ1v) is 5.19. The minimum Gasteiger partial charge on any atom is -0.300 e. The van der Waals surface area contributed by atoms with Crippen molar-refractivity contribution in [3.05, 3.63) is 0 Å². The summed E-state index contributed by atoms with van der Waals surface area (Å²) in [4.78, 5) is 10.7. The SMILES string of the molecule is CC(=O)CCC[C@@H]1CCC[C@H]1C. The van der Waals surface area contributed by atoms with E-state index in [0.717, 1.165) is 24.7 Å². The van der Waals surface area contributed by atoms with Gasteiger partial charge in [-0.1, -0.05) is 26.2 Å². The van der Waals surface area contributed by atoms with Gasteiger partial charge in [-0.05, 0) is 31.6 Å². The maximum Gasteiger partial charge on any atom is 0.129 e. The normalized spacial score (nSPS) is 29.2. The molecule has 1 saturated carbocycles. The highest BCUT2D eigenvalue weighted by atomic mass is 16.1. The van der Waals surface area contributed by atoms with E-state index in [4.69, 9.17) is 0 Å². The largest absolute Gasteiger partial charge is 0.300 e. The highest BCUT2D eigenvalue weighted by Crippen LogP contribution is 2.34. The maximum absolute atomic E-state index is 10.7. The first-order chi connectivity index (χ1) is 5.70. The minimum atomic E-state index is 0.348. The average Bonchev–Trinajstić information content (AvgIpc) is 2.36. The molecule has 1 rings (SSSR count). The van der Waals surface area contributed by atoms with E-state index < -0.39 is 0 Å². The second kappa shape index (κ2) is 4.64. The third-order valence-electron chi connectivity index (χ3n) is 3.14. The lowest BCUT2D eigenvalue weighted by Gasteiger charge is -2.13. The predicted molar refractivity (Wildman–Crippen MR) is 51.0 cm³/mol. The molecule has 0 aromatic heterocycles. The van der Waals surface area contributed by atoms with Crippen molar-refractivity contribution in [2.24, 2.45) is 11.8 Å². The summed E-state index contributed by atoms with van der Waals surface area (Å²) in [6.07, 6.45) is 7.41. The Hall–Kier alpha value is -0.330. The van der Waals surface area contributed by atoms with Crippen molar-refractivity contribution in [3.63, 3.8) is 0 Å². The highest BCUT2D eigenvalue weighted by Gasteiger charge is 2.22. The van der Waals surface area contributed by atoms with Crippen molar-refractivity contribution in [1.82, 2.24) is 0 Å². The molecule has 12 heavy (non-hydrogen) atoms. The zero-order valence-corrected chi connectivity index (χ0v) is 8.31. The van der Waals surface area contributed by atoms with Crippen molar-refractivity contribution in [3.8, 4) is 0 Å². The molecular formula is C11H20O. The topological polar surface area (TPSA) is 17.1 Å². The Balaban J connectivity index is 2.10. The van der Waals surface area contributed by atoms with E-state index in [1.165, 1.54) is 25.7 Å². The smallest absolute Gasteiger partial charge is 0.129 e. The summed E-state index contributed by atoms with van der Waals surface area (Å²) in [6, 6.07) is 0. The second-order valence-corrected chi connectivity index (χ2v) is 4.26. The van der Waals surface area contributed by atoms with Crippen LogP contribution in [0.15, 0.2) is 0 Å². The van der Waals surface area contributed by atoms with Gasteiger partial charge in [0.2, 0.25) is 0 Å². The third-order valence-corrected chi connectivity index (χ3v) is 3.14. The first kappa shape index (κ1) is 9.76. The molecule has 1 aliphatic carbocycles. The molecule has 1 nitrogen and oxygen atoms in total. The number of hydrogen-bond acceptors (Lipinski definition) is 1. The summed E-state index contributed by atoms with van der Waals surface area (Å²) in [5, 5.41) is 0. The fourth-order valence-electron chi connectivity index (χ4n) is 2.26.